The lowest BCUT2D eigenvalue weighted by Crippen LogP contribution is -2.51. The Bertz CT molecular complexity index is 1380. The smallest absolute Gasteiger partial charge is 0.339 e. The van der Waals surface area contributed by atoms with Gasteiger partial charge in [0.25, 0.3) is 5.91 Å². The molecule has 1 saturated heterocycles. The molecule has 1 aliphatic heterocycles. The van der Waals surface area contributed by atoms with Crippen LogP contribution in [0.3, 0.4) is 0 Å². The number of hydrogen-bond donors (Lipinski definition) is 0. The van der Waals surface area contributed by atoms with E-state index in [4.69, 9.17) is 4.74 Å². The molecule has 182 valence electrons. The van der Waals surface area contributed by atoms with Gasteiger partial charge in [-0.3, -0.25) is 4.79 Å². The van der Waals surface area contributed by atoms with Crippen molar-refractivity contribution in [3.63, 3.8) is 0 Å². The van der Waals surface area contributed by atoms with E-state index in [0.717, 1.165) is 10.8 Å². The van der Waals surface area contributed by atoms with Gasteiger partial charge >= 0.3 is 11.9 Å². The summed E-state index contributed by atoms with van der Waals surface area (Å²) in [4.78, 5) is 38.5. The van der Waals surface area contributed by atoms with E-state index < -0.39 is 34.5 Å². The molecule has 0 atom stereocenters. The fourth-order valence-electron chi connectivity index (χ4n) is 3.90. The predicted octanol–water partition coefficient (Wildman–Crippen LogP) is 2.32. The number of nitrogens with zero attached hydrogens (tertiary/aromatic N) is 2. The largest absolute Gasteiger partial charge is 0.465 e. The third-order valence-electron chi connectivity index (χ3n) is 5.83. The van der Waals surface area contributed by atoms with Crippen molar-refractivity contribution in [2.75, 3.05) is 39.9 Å². The monoisotopic (exact) mass is 496 g/mol. The summed E-state index contributed by atoms with van der Waals surface area (Å²) >= 11 is 0. The normalized spacial score (nSPS) is 14.5. The van der Waals surface area contributed by atoms with E-state index in [1.165, 1.54) is 28.4 Å². The summed E-state index contributed by atoms with van der Waals surface area (Å²) in [7, 11) is -2.51. The molecule has 0 N–H and O–H groups in total. The molecule has 4 rings (SSSR count). The molecule has 0 bridgehead atoms. The molecule has 10 heteroatoms. The van der Waals surface area contributed by atoms with Crippen molar-refractivity contribution in [3.05, 3.63) is 77.9 Å². The molecule has 1 aliphatic rings. The zero-order chi connectivity index (χ0) is 25.0. The average Bonchev–Trinajstić information content (AvgIpc) is 2.90. The van der Waals surface area contributed by atoms with Crippen LogP contribution in [-0.4, -0.2) is 75.4 Å². The van der Waals surface area contributed by atoms with E-state index in [1.807, 2.05) is 24.3 Å². The third-order valence-corrected chi connectivity index (χ3v) is 7.72. The number of sulfonamides is 1. The van der Waals surface area contributed by atoms with Crippen molar-refractivity contribution in [1.82, 2.24) is 9.21 Å². The molecule has 3 aromatic rings. The number of benzene rings is 3. The first-order chi connectivity index (χ1) is 16.8. The number of esters is 2. The van der Waals surface area contributed by atoms with Gasteiger partial charge in [0.05, 0.1) is 23.1 Å². The van der Waals surface area contributed by atoms with E-state index in [9.17, 15) is 22.8 Å². The van der Waals surface area contributed by atoms with Crippen molar-refractivity contribution < 1.29 is 32.3 Å². The summed E-state index contributed by atoms with van der Waals surface area (Å²) in [6.45, 7) is 0.0652. The van der Waals surface area contributed by atoms with E-state index in [-0.39, 0.29) is 42.2 Å². The van der Waals surface area contributed by atoms with E-state index in [1.54, 1.807) is 30.3 Å². The third kappa shape index (κ3) is 5.18. The molecule has 3 aromatic carbocycles. The Morgan fingerprint density at radius 3 is 2.06 bits per heavy atom. The molecular formula is C25H24N2O7S. The summed E-state index contributed by atoms with van der Waals surface area (Å²) in [5, 5.41) is 1.78. The molecule has 0 aromatic heterocycles. The van der Waals surface area contributed by atoms with Crippen molar-refractivity contribution >= 4 is 38.6 Å². The second kappa shape index (κ2) is 10.2. The van der Waals surface area contributed by atoms with Gasteiger partial charge in [-0.15, -0.1) is 0 Å². The van der Waals surface area contributed by atoms with Crippen LogP contribution < -0.4 is 0 Å². The fourth-order valence-corrected chi connectivity index (χ4v) is 5.36. The maximum Gasteiger partial charge on any atom is 0.339 e. The Hall–Kier alpha value is -3.76. The lowest BCUT2D eigenvalue weighted by atomic mass is 10.1. The number of ether oxygens (including phenoxy) is 2. The number of methoxy groups -OCH3 is 1. The predicted molar refractivity (Wildman–Crippen MR) is 127 cm³/mol. The van der Waals surface area contributed by atoms with E-state index in [2.05, 4.69) is 4.74 Å². The number of hydrogen-bond acceptors (Lipinski definition) is 7. The molecule has 0 spiro atoms. The molecule has 0 unspecified atom stereocenters. The number of carbonyl (C=O) groups is 3. The number of piperazine rings is 1. The number of amides is 1. The molecule has 1 amide bonds. The average molecular weight is 497 g/mol. The Labute approximate surface area is 202 Å². The minimum absolute atomic E-state index is 0.00144. The molecule has 35 heavy (non-hydrogen) atoms. The minimum Gasteiger partial charge on any atom is -0.465 e. The summed E-state index contributed by atoms with van der Waals surface area (Å²) in [5.74, 6) is -1.96. The Morgan fingerprint density at radius 1 is 0.800 bits per heavy atom. The highest BCUT2D eigenvalue weighted by atomic mass is 32.2. The minimum atomic E-state index is -3.71. The standard InChI is InChI=1S/C25H24N2O7S/c1-33-24(29)21-8-4-5-9-22(21)25(30)34-17-23(28)26-12-14-27(15-13-26)35(31,32)20-11-10-18-6-2-3-7-19(18)16-20/h2-11,16H,12-15,17H2,1H3. The van der Waals surface area contributed by atoms with Crippen LogP contribution in [0.2, 0.25) is 0 Å². The van der Waals surface area contributed by atoms with Crippen LogP contribution in [0, 0.1) is 0 Å². The summed E-state index contributed by atoms with van der Waals surface area (Å²) in [6, 6.07) is 18.5. The first-order valence-corrected chi connectivity index (χ1v) is 12.4. The lowest BCUT2D eigenvalue weighted by molar-refractivity contribution is -0.135. The number of fused-ring (bicyclic) bond motifs is 1. The van der Waals surface area contributed by atoms with E-state index in [0.29, 0.717) is 0 Å². The van der Waals surface area contributed by atoms with Gasteiger partial charge in [-0.05, 0) is 35.0 Å². The number of carbonyl (C=O) groups excluding carboxylic acids is 3. The van der Waals surface area contributed by atoms with Crippen LogP contribution in [0.25, 0.3) is 10.8 Å². The van der Waals surface area contributed by atoms with Crippen LogP contribution in [0.1, 0.15) is 20.7 Å². The molecular weight excluding hydrogens is 472 g/mol. The Balaban J connectivity index is 1.35. The first kappa shape index (κ1) is 24.4. The van der Waals surface area contributed by atoms with Gasteiger partial charge in [0.1, 0.15) is 0 Å². The van der Waals surface area contributed by atoms with Crippen LogP contribution in [0.5, 0.6) is 0 Å². The van der Waals surface area contributed by atoms with Crippen LogP contribution in [0.4, 0.5) is 0 Å². The van der Waals surface area contributed by atoms with Gasteiger partial charge in [0.15, 0.2) is 6.61 Å². The molecule has 0 radical (unpaired) electrons. The van der Waals surface area contributed by atoms with Crippen molar-refractivity contribution in [1.29, 1.82) is 0 Å². The first-order valence-electron chi connectivity index (χ1n) is 10.9. The van der Waals surface area contributed by atoms with Gasteiger partial charge in [0, 0.05) is 26.2 Å². The van der Waals surface area contributed by atoms with Gasteiger partial charge in [0.2, 0.25) is 10.0 Å². The molecule has 1 heterocycles. The zero-order valence-electron chi connectivity index (χ0n) is 19.0. The van der Waals surface area contributed by atoms with Crippen molar-refractivity contribution in [2.24, 2.45) is 0 Å². The van der Waals surface area contributed by atoms with Crippen LogP contribution in [0.15, 0.2) is 71.6 Å². The summed E-state index contributed by atoms with van der Waals surface area (Å²) < 4.78 is 37.3. The topological polar surface area (TPSA) is 110 Å². The Kier molecular flexibility index (Phi) is 7.13. The summed E-state index contributed by atoms with van der Waals surface area (Å²) in [5.41, 5.74) is 0.0402. The van der Waals surface area contributed by atoms with Crippen LogP contribution >= 0.6 is 0 Å². The zero-order valence-corrected chi connectivity index (χ0v) is 19.9. The molecule has 0 aliphatic carbocycles. The van der Waals surface area contributed by atoms with Crippen molar-refractivity contribution in [3.8, 4) is 0 Å². The van der Waals surface area contributed by atoms with Gasteiger partial charge in [-0.2, -0.15) is 4.31 Å². The van der Waals surface area contributed by atoms with Crippen LogP contribution in [-0.2, 0) is 24.3 Å². The fraction of sp³-hybridized carbons (Fsp3) is 0.240. The maximum atomic E-state index is 13.1. The van der Waals surface area contributed by atoms with Crippen molar-refractivity contribution in [2.45, 2.75) is 4.90 Å². The van der Waals surface area contributed by atoms with Gasteiger partial charge in [-0.1, -0.05) is 42.5 Å². The highest BCUT2D eigenvalue weighted by Crippen LogP contribution is 2.23. The molecule has 9 nitrogen and oxygen atoms in total. The van der Waals surface area contributed by atoms with Gasteiger partial charge < -0.3 is 14.4 Å². The maximum absolute atomic E-state index is 13.1. The van der Waals surface area contributed by atoms with Gasteiger partial charge in [-0.25, -0.2) is 18.0 Å². The SMILES string of the molecule is COC(=O)c1ccccc1C(=O)OCC(=O)N1CCN(S(=O)(=O)c2ccc3ccccc3c2)CC1. The highest BCUT2D eigenvalue weighted by molar-refractivity contribution is 7.89. The highest BCUT2D eigenvalue weighted by Gasteiger charge is 2.30. The quantitative estimate of drug-likeness (QED) is 0.482. The second-order valence-electron chi connectivity index (χ2n) is 7.91. The molecule has 0 saturated carbocycles. The number of rotatable bonds is 6. The Morgan fingerprint density at radius 2 is 1.40 bits per heavy atom. The lowest BCUT2D eigenvalue weighted by Gasteiger charge is -2.33. The van der Waals surface area contributed by atoms with E-state index >= 15 is 0 Å². The molecule has 1 fully saturated rings. The second-order valence-corrected chi connectivity index (χ2v) is 9.85. The summed E-state index contributed by atoms with van der Waals surface area (Å²) in [6.07, 6.45) is 0.